The van der Waals surface area contributed by atoms with Gasteiger partial charge in [-0.3, -0.25) is 4.90 Å². The van der Waals surface area contributed by atoms with Crippen LogP contribution in [0.4, 0.5) is 5.82 Å². The topological polar surface area (TPSA) is 49.9 Å². The molecule has 0 radical (unpaired) electrons. The summed E-state index contributed by atoms with van der Waals surface area (Å²) in [5, 5.41) is 3.41. The average molecular weight is 380 g/mol. The Morgan fingerprint density at radius 1 is 1.14 bits per heavy atom. The molecule has 1 N–H and O–H groups in total. The molecule has 1 aliphatic carbocycles. The summed E-state index contributed by atoms with van der Waals surface area (Å²) in [6.45, 7) is 6.99. The fourth-order valence-corrected chi connectivity index (χ4v) is 3.62. The second-order valence-electron chi connectivity index (χ2n) is 7.30. The molecule has 0 bridgehead atoms. The summed E-state index contributed by atoms with van der Waals surface area (Å²) in [5.41, 5.74) is 1.19. The second-order valence-corrected chi connectivity index (χ2v) is 7.30. The number of anilines is 1. The Labute approximate surface area is 166 Å². The number of allylic oxidation sites excluding steroid dienone is 4. The van der Waals surface area contributed by atoms with Gasteiger partial charge in [0.15, 0.2) is 12.0 Å². The molecular formula is C22H28N4O2. The van der Waals surface area contributed by atoms with E-state index in [-0.39, 0.29) is 0 Å². The summed E-state index contributed by atoms with van der Waals surface area (Å²) in [5.74, 6) is 2.55. The summed E-state index contributed by atoms with van der Waals surface area (Å²) < 4.78 is 11.7. The molecule has 0 spiro atoms. The number of piperazine rings is 1. The van der Waals surface area contributed by atoms with Crippen molar-refractivity contribution in [3.8, 4) is 0 Å². The highest BCUT2D eigenvalue weighted by molar-refractivity contribution is 5.33. The van der Waals surface area contributed by atoms with Crippen LogP contribution in [0.2, 0.25) is 0 Å². The van der Waals surface area contributed by atoms with E-state index in [1.54, 1.807) is 12.5 Å². The quantitative estimate of drug-likeness (QED) is 0.816. The standard InChI is InChI=1S/C22H28N4O2/c1-18(15-24-21-9-5-6-10-23-21)25-11-13-26(14-12-25)22-17-27-20(16-28-22)19-7-3-2-4-8-19/h2-3,5-7,9-10,16-18H,4,8,11-15H2,1H3,(H,23,24)/t18-/m1/s1. The van der Waals surface area contributed by atoms with Gasteiger partial charge in [0, 0.05) is 45.0 Å². The van der Waals surface area contributed by atoms with Crippen molar-refractivity contribution in [3.63, 3.8) is 0 Å². The number of hydrogen-bond donors (Lipinski definition) is 1. The van der Waals surface area contributed by atoms with Crippen molar-refractivity contribution in [1.29, 1.82) is 0 Å². The highest BCUT2D eigenvalue weighted by Crippen LogP contribution is 2.26. The smallest absolute Gasteiger partial charge is 0.231 e. The van der Waals surface area contributed by atoms with Crippen LogP contribution in [0.25, 0.3) is 0 Å². The fourth-order valence-electron chi connectivity index (χ4n) is 3.62. The molecule has 6 heteroatoms. The van der Waals surface area contributed by atoms with Crippen LogP contribution in [0, 0.1) is 0 Å². The molecular weight excluding hydrogens is 352 g/mol. The molecule has 0 aromatic carbocycles. The van der Waals surface area contributed by atoms with Gasteiger partial charge in [-0.05, 0) is 37.5 Å². The van der Waals surface area contributed by atoms with E-state index in [1.807, 2.05) is 24.4 Å². The van der Waals surface area contributed by atoms with Gasteiger partial charge < -0.3 is 19.7 Å². The van der Waals surface area contributed by atoms with Gasteiger partial charge in [-0.15, -0.1) is 0 Å². The lowest BCUT2D eigenvalue weighted by Gasteiger charge is -2.39. The number of ether oxygens (including phenoxy) is 2. The first-order valence-corrected chi connectivity index (χ1v) is 10.0. The Hall–Kier alpha value is -2.73. The van der Waals surface area contributed by atoms with E-state index in [0.29, 0.717) is 6.04 Å². The largest absolute Gasteiger partial charge is 0.456 e. The first-order valence-electron chi connectivity index (χ1n) is 10.0. The Bertz CT molecular complexity index is 777. The SMILES string of the molecule is C[C@H](CNc1ccccn1)N1CCN(C2=COC(C3=CC=CCC3)=CO2)CC1. The molecule has 1 fully saturated rings. The minimum atomic E-state index is 0.444. The van der Waals surface area contributed by atoms with Gasteiger partial charge in [0.25, 0.3) is 0 Å². The molecule has 0 unspecified atom stereocenters. The van der Waals surface area contributed by atoms with Gasteiger partial charge in [-0.25, -0.2) is 4.98 Å². The molecule has 0 amide bonds. The molecule has 6 nitrogen and oxygen atoms in total. The molecule has 1 saturated heterocycles. The molecule has 28 heavy (non-hydrogen) atoms. The Morgan fingerprint density at radius 3 is 2.71 bits per heavy atom. The van der Waals surface area contributed by atoms with Crippen molar-refractivity contribution < 1.29 is 9.47 Å². The molecule has 148 valence electrons. The lowest BCUT2D eigenvalue weighted by Crippen LogP contribution is -2.51. The van der Waals surface area contributed by atoms with Gasteiger partial charge >= 0.3 is 0 Å². The average Bonchev–Trinajstić information content (AvgIpc) is 2.79. The number of nitrogens with zero attached hydrogens (tertiary/aromatic N) is 3. The third kappa shape index (κ3) is 4.57. The summed E-state index contributed by atoms with van der Waals surface area (Å²) in [7, 11) is 0. The maximum atomic E-state index is 5.88. The monoisotopic (exact) mass is 380 g/mol. The second kappa shape index (κ2) is 8.97. The van der Waals surface area contributed by atoms with E-state index in [2.05, 4.69) is 45.3 Å². The number of aromatic nitrogens is 1. The van der Waals surface area contributed by atoms with Crippen LogP contribution in [0.3, 0.4) is 0 Å². The summed E-state index contributed by atoms with van der Waals surface area (Å²) in [4.78, 5) is 9.06. The molecule has 3 heterocycles. The van der Waals surface area contributed by atoms with Crippen molar-refractivity contribution in [1.82, 2.24) is 14.8 Å². The first-order chi connectivity index (χ1) is 13.8. The number of nitrogens with one attached hydrogen (secondary N) is 1. The molecule has 1 aromatic heterocycles. The zero-order valence-corrected chi connectivity index (χ0v) is 16.4. The maximum absolute atomic E-state index is 5.88. The predicted molar refractivity (Wildman–Crippen MR) is 110 cm³/mol. The number of rotatable bonds is 6. The van der Waals surface area contributed by atoms with Crippen molar-refractivity contribution in [2.75, 3.05) is 38.0 Å². The van der Waals surface area contributed by atoms with Crippen LogP contribution < -0.4 is 5.32 Å². The van der Waals surface area contributed by atoms with Crippen LogP contribution in [0.1, 0.15) is 19.8 Å². The van der Waals surface area contributed by atoms with Crippen LogP contribution in [-0.2, 0) is 9.47 Å². The highest BCUT2D eigenvalue weighted by atomic mass is 16.6. The van der Waals surface area contributed by atoms with E-state index >= 15 is 0 Å². The normalized spacial score (nSPS) is 21.0. The molecule has 2 aliphatic heterocycles. The van der Waals surface area contributed by atoms with Gasteiger partial charge in [-0.1, -0.05) is 24.3 Å². The fraction of sp³-hybridized carbons (Fsp3) is 0.409. The van der Waals surface area contributed by atoms with E-state index in [4.69, 9.17) is 9.47 Å². The third-order valence-corrected chi connectivity index (χ3v) is 5.40. The maximum Gasteiger partial charge on any atom is 0.231 e. The van der Waals surface area contributed by atoms with Crippen LogP contribution in [0.15, 0.2) is 72.4 Å². The number of pyridine rings is 1. The molecule has 4 rings (SSSR count). The first kappa shape index (κ1) is 18.6. The molecule has 0 saturated carbocycles. The van der Waals surface area contributed by atoms with Crippen molar-refractivity contribution >= 4 is 5.82 Å². The Kier molecular flexibility index (Phi) is 5.97. The molecule has 1 aromatic rings. The van der Waals surface area contributed by atoms with Gasteiger partial charge in [0.05, 0.1) is 0 Å². The zero-order chi connectivity index (χ0) is 19.2. The van der Waals surface area contributed by atoms with E-state index in [0.717, 1.165) is 63.0 Å². The highest BCUT2D eigenvalue weighted by Gasteiger charge is 2.25. The lowest BCUT2D eigenvalue weighted by molar-refractivity contribution is 0.0712. The molecule has 3 aliphatic rings. The van der Waals surface area contributed by atoms with Crippen LogP contribution >= 0.6 is 0 Å². The van der Waals surface area contributed by atoms with Crippen molar-refractivity contribution in [2.24, 2.45) is 0 Å². The van der Waals surface area contributed by atoms with Crippen LogP contribution in [0.5, 0.6) is 0 Å². The summed E-state index contributed by atoms with van der Waals surface area (Å²) in [6.07, 6.45) is 13.7. The summed E-state index contributed by atoms with van der Waals surface area (Å²) in [6, 6.07) is 6.37. The minimum Gasteiger partial charge on any atom is -0.456 e. The van der Waals surface area contributed by atoms with Gasteiger partial charge in [-0.2, -0.15) is 0 Å². The van der Waals surface area contributed by atoms with Gasteiger partial charge in [0.1, 0.15) is 12.1 Å². The summed E-state index contributed by atoms with van der Waals surface area (Å²) >= 11 is 0. The Balaban J connectivity index is 1.23. The molecule has 1 atom stereocenters. The number of hydrogen-bond acceptors (Lipinski definition) is 6. The minimum absolute atomic E-state index is 0.444. The van der Waals surface area contributed by atoms with Gasteiger partial charge in [0.2, 0.25) is 5.88 Å². The van der Waals surface area contributed by atoms with E-state index in [1.165, 1.54) is 5.57 Å². The zero-order valence-electron chi connectivity index (χ0n) is 16.4. The van der Waals surface area contributed by atoms with Crippen LogP contribution in [-0.4, -0.2) is 53.5 Å². The predicted octanol–water partition coefficient (Wildman–Crippen LogP) is 3.46. The lowest BCUT2D eigenvalue weighted by atomic mass is 10.0. The van der Waals surface area contributed by atoms with Crippen molar-refractivity contribution in [2.45, 2.75) is 25.8 Å². The van der Waals surface area contributed by atoms with E-state index < -0.39 is 0 Å². The van der Waals surface area contributed by atoms with Crippen molar-refractivity contribution in [3.05, 3.63) is 72.4 Å². The third-order valence-electron chi connectivity index (χ3n) is 5.40. The Morgan fingerprint density at radius 2 is 2.04 bits per heavy atom. The van der Waals surface area contributed by atoms with E-state index in [9.17, 15) is 0 Å².